The lowest BCUT2D eigenvalue weighted by Gasteiger charge is -2.04. The SMILES string of the molecule is Nc1cc(Br)cnc1-n1ccc(C2CC2)n1. The van der Waals surface area contributed by atoms with Gasteiger partial charge in [0.05, 0.1) is 11.4 Å². The van der Waals surface area contributed by atoms with E-state index in [9.17, 15) is 0 Å². The van der Waals surface area contributed by atoms with Crippen LogP contribution in [0.15, 0.2) is 29.0 Å². The molecule has 2 aromatic rings. The normalized spacial score (nSPS) is 15.3. The number of pyridine rings is 1. The first-order valence-electron chi connectivity index (χ1n) is 5.21. The maximum Gasteiger partial charge on any atom is 0.176 e. The molecule has 2 aromatic heterocycles. The maximum atomic E-state index is 5.90. The highest BCUT2D eigenvalue weighted by molar-refractivity contribution is 9.10. The quantitative estimate of drug-likeness (QED) is 0.918. The molecule has 16 heavy (non-hydrogen) atoms. The average molecular weight is 279 g/mol. The van der Waals surface area contributed by atoms with Gasteiger partial charge in [0.1, 0.15) is 0 Å². The molecule has 1 aliphatic carbocycles. The van der Waals surface area contributed by atoms with Gasteiger partial charge in [-0.1, -0.05) is 0 Å². The van der Waals surface area contributed by atoms with Gasteiger partial charge in [0.15, 0.2) is 5.82 Å². The van der Waals surface area contributed by atoms with Gasteiger partial charge in [0.2, 0.25) is 0 Å². The third kappa shape index (κ3) is 1.71. The van der Waals surface area contributed by atoms with Gasteiger partial charge in [-0.2, -0.15) is 5.10 Å². The van der Waals surface area contributed by atoms with Crippen LogP contribution in [0.1, 0.15) is 24.5 Å². The predicted molar refractivity (Wildman–Crippen MR) is 65.4 cm³/mol. The molecular formula is C11H11BrN4. The average Bonchev–Trinajstić information content (AvgIpc) is 2.98. The number of nitrogens with two attached hydrogens (primary N) is 1. The van der Waals surface area contributed by atoms with Crippen molar-refractivity contribution in [1.29, 1.82) is 0 Å². The minimum absolute atomic E-state index is 0.625. The zero-order valence-corrected chi connectivity index (χ0v) is 10.2. The van der Waals surface area contributed by atoms with Gasteiger partial charge >= 0.3 is 0 Å². The monoisotopic (exact) mass is 278 g/mol. The van der Waals surface area contributed by atoms with Crippen LogP contribution in [0.3, 0.4) is 0 Å². The first-order chi connectivity index (χ1) is 7.74. The molecule has 0 atom stereocenters. The fraction of sp³-hybridized carbons (Fsp3) is 0.273. The molecule has 1 fully saturated rings. The van der Waals surface area contributed by atoms with Gasteiger partial charge < -0.3 is 5.73 Å². The molecule has 0 bridgehead atoms. The van der Waals surface area contributed by atoms with Crippen LogP contribution in [0.25, 0.3) is 5.82 Å². The van der Waals surface area contributed by atoms with E-state index in [0.29, 0.717) is 17.4 Å². The first-order valence-corrected chi connectivity index (χ1v) is 6.00. The summed E-state index contributed by atoms with van der Waals surface area (Å²) in [5.74, 6) is 1.34. The van der Waals surface area contributed by atoms with Gasteiger partial charge in [-0.05, 0) is 40.9 Å². The highest BCUT2D eigenvalue weighted by Crippen LogP contribution is 2.39. The fourth-order valence-corrected chi connectivity index (χ4v) is 2.04. The van der Waals surface area contributed by atoms with E-state index in [-0.39, 0.29) is 0 Å². The van der Waals surface area contributed by atoms with Crippen molar-refractivity contribution in [3.05, 3.63) is 34.7 Å². The molecule has 1 aliphatic rings. The van der Waals surface area contributed by atoms with Crippen molar-refractivity contribution in [2.45, 2.75) is 18.8 Å². The molecule has 82 valence electrons. The van der Waals surface area contributed by atoms with E-state index in [1.54, 1.807) is 10.9 Å². The Hall–Kier alpha value is -1.36. The summed E-state index contributed by atoms with van der Waals surface area (Å²) in [5, 5.41) is 4.49. The fourth-order valence-electron chi connectivity index (χ4n) is 1.69. The minimum atomic E-state index is 0.625. The Labute approximate surface area is 102 Å². The summed E-state index contributed by atoms with van der Waals surface area (Å²) in [6.07, 6.45) is 6.14. The van der Waals surface area contributed by atoms with Crippen LogP contribution in [0, 0.1) is 0 Å². The van der Waals surface area contributed by atoms with E-state index < -0.39 is 0 Å². The second kappa shape index (κ2) is 3.59. The Morgan fingerprint density at radius 3 is 2.94 bits per heavy atom. The molecule has 0 amide bonds. The zero-order chi connectivity index (χ0) is 11.1. The van der Waals surface area contributed by atoms with Crippen molar-refractivity contribution in [1.82, 2.24) is 14.8 Å². The summed E-state index contributed by atoms with van der Waals surface area (Å²) in [6.45, 7) is 0. The van der Waals surface area contributed by atoms with Gasteiger partial charge in [-0.15, -0.1) is 0 Å². The number of hydrogen-bond donors (Lipinski definition) is 1. The molecule has 3 rings (SSSR count). The lowest BCUT2D eigenvalue weighted by atomic mass is 10.3. The summed E-state index contributed by atoms with van der Waals surface area (Å²) in [5.41, 5.74) is 7.67. The Morgan fingerprint density at radius 1 is 1.44 bits per heavy atom. The summed E-state index contributed by atoms with van der Waals surface area (Å²) >= 11 is 3.34. The van der Waals surface area contributed by atoms with Crippen molar-refractivity contribution in [3.63, 3.8) is 0 Å². The third-order valence-corrected chi connectivity index (χ3v) is 3.12. The van der Waals surface area contributed by atoms with E-state index in [4.69, 9.17) is 5.73 Å². The van der Waals surface area contributed by atoms with Gasteiger partial charge in [-0.25, -0.2) is 9.67 Å². The highest BCUT2D eigenvalue weighted by Gasteiger charge is 2.26. The lowest BCUT2D eigenvalue weighted by Crippen LogP contribution is -2.03. The van der Waals surface area contributed by atoms with Crippen LogP contribution >= 0.6 is 15.9 Å². The molecule has 5 heteroatoms. The topological polar surface area (TPSA) is 56.7 Å². The van der Waals surface area contributed by atoms with Crippen LogP contribution in [-0.4, -0.2) is 14.8 Å². The number of hydrogen-bond acceptors (Lipinski definition) is 3. The largest absolute Gasteiger partial charge is 0.396 e. The number of nitrogens with zero attached hydrogens (tertiary/aromatic N) is 3. The lowest BCUT2D eigenvalue weighted by molar-refractivity contribution is 0.814. The molecule has 0 radical (unpaired) electrons. The van der Waals surface area contributed by atoms with Crippen molar-refractivity contribution < 1.29 is 0 Å². The molecule has 2 heterocycles. The van der Waals surface area contributed by atoms with Crippen molar-refractivity contribution in [3.8, 4) is 5.82 Å². The van der Waals surface area contributed by atoms with Gasteiger partial charge in [0.25, 0.3) is 0 Å². The second-order valence-electron chi connectivity index (χ2n) is 4.03. The molecular weight excluding hydrogens is 268 g/mol. The number of rotatable bonds is 2. The van der Waals surface area contributed by atoms with Crippen molar-refractivity contribution in [2.24, 2.45) is 0 Å². The molecule has 2 N–H and O–H groups in total. The van der Waals surface area contributed by atoms with E-state index in [1.165, 1.54) is 12.8 Å². The molecule has 0 saturated heterocycles. The van der Waals surface area contributed by atoms with E-state index in [0.717, 1.165) is 10.2 Å². The third-order valence-electron chi connectivity index (χ3n) is 2.68. The standard InChI is InChI=1S/C11H11BrN4/c12-8-5-9(13)11(14-6-8)16-4-3-10(15-16)7-1-2-7/h3-7H,1-2,13H2. The number of nitrogen functional groups attached to an aromatic ring is 1. The molecule has 0 spiro atoms. The predicted octanol–water partition coefficient (Wildman–Crippen LogP) is 2.49. The Balaban J connectivity index is 2.00. The van der Waals surface area contributed by atoms with Crippen LogP contribution in [0.4, 0.5) is 5.69 Å². The zero-order valence-electron chi connectivity index (χ0n) is 8.60. The summed E-state index contributed by atoms with van der Waals surface area (Å²) in [6, 6.07) is 3.88. The van der Waals surface area contributed by atoms with E-state index in [1.807, 2.05) is 18.3 Å². The molecule has 1 saturated carbocycles. The summed E-state index contributed by atoms with van der Waals surface area (Å²) < 4.78 is 2.62. The van der Waals surface area contributed by atoms with E-state index in [2.05, 4.69) is 26.0 Å². The second-order valence-corrected chi connectivity index (χ2v) is 4.94. The van der Waals surface area contributed by atoms with Gasteiger partial charge in [0, 0.05) is 22.8 Å². The van der Waals surface area contributed by atoms with Crippen LogP contribution < -0.4 is 5.73 Å². The van der Waals surface area contributed by atoms with Crippen molar-refractivity contribution in [2.75, 3.05) is 5.73 Å². The first kappa shape index (κ1) is 9.84. The maximum absolute atomic E-state index is 5.90. The molecule has 4 nitrogen and oxygen atoms in total. The highest BCUT2D eigenvalue weighted by atomic mass is 79.9. The van der Waals surface area contributed by atoms with Crippen LogP contribution in [-0.2, 0) is 0 Å². The molecule has 0 aliphatic heterocycles. The summed E-state index contributed by atoms with van der Waals surface area (Å²) in [7, 11) is 0. The number of aromatic nitrogens is 3. The summed E-state index contributed by atoms with van der Waals surface area (Å²) in [4.78, 5) is 4.27. The van der Waals surface area contributed by atoms with Crippen molar-refractivity contribution >= 4 is 21.6 Å². The Morgan fingerprint density at radius 2 is 2.25 bits per heavy atom. The Kier molecular flexibility index (Phi) is 2.21. The number of anilines is 1. The smallest absolute Gasteiger partial charge is 0.176 e. The van der Waals surface area contributed by atoms with E-state index >= 15 is 0 Å². The van der Waals surface area contributed by atoms with Gasteiger partial charge in [-0.3, -0.25) is 0 Å². The van der Waals surface area contributed by atoms with Crippen LogP contribution in [0.2, 0.25) is 0 Å². The number of halogens is 1. The molecule has 0 aromatic carbocycles. The van der Waals surface area contributed by atoms with Crippen LogP contribution in [0.5, 0.6) is 0 Å². The minimum Gasteiger partial charge on any atom is -0.396 e. The Bertz CT molecular complexity index is 531. The molecule has 0 unspecified atom stereocenters.